The van der Waals surface area contributed by atoms with Crippen LogP contribution in [0.3, 0.4) is 0 Å². The number of aryl methyl sites for hydroxylation is 2. The van der Waals surface area contributed by atoms with E-state index in [2.05, 4.69) is 42.8 Å². The van der Waals surface area contributed by atoms with Gasteiger partial charge in [0, 0.05) is 23.6 Å². The lowest BCUT2D eigenvalue weighted by molar-refractivity contribution is 0.700. The Balaban J connectivity index is 2.56. The number of hydrogen-bond acceptors (Lipinski definition) is 1. The average molecular weight is 216 g/mol. The zero-order valence-electron chi connectivity index (χ0n) is 10.2. The quantitative estimate of drug-likeness (QED) is 0.837. The maximum Gasteiger partial charge on any atom is 0.0485 e. The molecule has 2 N–H and O–H groups in total. The van der Waals surface area contributed by atoms with Crippen molar-refractivity contribution in [2.24, 2.45) is 5.73 Å². The molecule has 1 heterocycles. The van der Waals surface area contributed by atoms with Crippen LogP contribution in [0.2, 0.25) is 0 Å². The van der Waals surface area contributed by atoms with Gasteiger partial charge in [0.25, 0.3) is 0 Å². The van der Waals surface area contributed by atoms with Gasteiger partial charge in [-0.3, -0.25) is 0 Å². The molecule has 1 aromatic heterocycles. The highest BCUT2D eigenvalue weighted by Crippen LogP contribution is 2.23. The highest BCUT2D eigenvalue weighted by Gasteiger charge is 2.07. The van der Waals surface area contributed by atoms with Gasteiger partial charge in [-0.05, 0) is 43.5 Å². The minimum Gasteiger partial charge on any atom is -0.347 e. The lowest BCUT2D eigenvalue weighted by Crippen LogP contribution is -2.02. The lowest BCUT2D eigenvalue weighted by atomic mass is 10.1. The van der Waals surface area contributed by atoms with Crippen molar-refractivity contribution in [1.29, 1.82) is 0 Å². The SMILES string of the molecule is CCCn1cc(CCN)c2ccc(C)cc21. The molecule has 0 saturated carbocycles. The predicted octanol–water partition coefficient (Wildman–Crippen LogP) is 2.86. The van der Waals surface area contributed by atoms with Crippen molar-refractivity contribution in [1.82, 2.24) is 4.57 Å². The van der Waals surface area contributed by atoms with E-state index in [-0.39, 0.29) is 0 Å². The van der Waals surface area contributed by atoms with Gasteiger partial charge in [0.2, 0.25) is 0 Å². The molecule has 0 spiro atoms. The van der Waals surface area contributed by atoms with Crippen molar-refractivity contribution >= 4 is 10.9 Å². The maximum atomic E-state index is 5.66. The molecule has 86 valence electrons. The molecule has 2 rings (SSSR count). The van der Waals surface area contributed by atoms with Gasteiger partial charge in [0.15, 0.2) is 0 Å². The number of benzene rings is 1. The topological polar surface area (TPSA) is 30.9 Å². The van der Waals surface area contributed by atoms with Gasteiger partial charge in [-0.2, -0.15) is 0 Å². The van der Waals surface area contributed by atoms with Crippen LogP contribution < -0.4 is 5.73 Å². The second-order valence-corrected chi connectivity index (χ2v) is 4.41. The van der Waals surface area contributed by atoms with Crippen molar-refractivity contribution in [3.63, 3.8) is 0 Å². The van der Waals surface area contributed by atoms with Crippen LogP contribution in [0.25, 0.3) is 10.9 Å². The standard InChI is InChI=1S/C14H20N2/c1-3-8-16-10-12(6-7-15)13-5-4-11(2)9-14(13)16/h4-5,9-10H,3,6-8,15H2,1-2H3. The summed E-state index contributed by atoms with van der Waals surface area (Å²) in [5.41, 5.74) is 9.71. The summed E-state index contributed by atoms with van der Waals surface area (Å²) in [6.45, 7) is 6.17. The molecule has 0 aliphatic heterocycles. The van der Waals surface area contributed by atoms with E-state index in [1.165, 1.54) is 28.5 Å². The fourth-order valence-electron chi connectivity index (χ4n) is 2.26. The molecule has 2 heteroatoms. The molecule has 0 amide bonds. The van der Waals surface area contributed by atoms with Crippen LogP contribution in [0.15, 0.2) is 24.4 Å². The van der Waals surface area contributed by atoms with Crippen molar-refractivity contribution in [2.45, 2.75) is 33.2 Å². The molecule has 16 heavy (non-hydrogen) atoms. The summed E-state index contributed by atoms with van der Waals surface area (Å²) in [6, 6.07) is 6.67. The van der Waals surface area contributed by atoms with Crippen molar-refractivity contribution < 1.29 is 0 Å². The van der Waals surface area contributed by atoms with Crippen LogP contribution in [0, 0.1) is 6.92 Å². The molecule has 0 saturated heterocycles. The summed E-state index contributed by atoms with van der Waals surface area (Å²) < 4.78 is 2.35. The molecule has 0 fully saturated rings. The highest BCUT2D eigenvalue weighted by molar-refractivity contribution is 5.84. The molecule has 0 aliphatic carbocycles. The molecule has 1 aromatic carbocycles. The smallest absolute Gasteiger partial charge is 0.0485 e. The molecule has 2 nitrogen and oxygen atoms in total. The number of nitrogens with zero attached hydrogens (tertiary/aromatic N) is 1. The molecule has 0 bridgehead atoms. The van der Waals surface area contributed by atoms with E-state index in [0.717, 1.165) is 19.5 Å². The van der Waals surface area contributed by atoms with Crippen LogP contribution >= 0.6 is 0 Å². The molecule has 2 aromatic rings. The summed E-state index contributed by atoms with van der Waals surface area (Å²) >= 11 is 0. The highest BCUT2D eigenvalue weighted by atomic mass is 15.0. The number of aromatic nitrogens is 1. The zero-order valence-corrected chi connectivity index (χ0v) is 10.2. The van der Waals surface area contributed by atoms with E-state index in [1.54, 1.807) is 0 Å². The Bertz CT molecular complexity index is 483. The van der Waals surface area contributed by atoms with E-state index in [4.69, 9.17) is 5.73 Å². The largest absolute Gasteiger partial charge is 0.347 e. The Morgan fingerprint density at radius 2 is 2.12 bits per heavy atom. The first-order chi connectivity index (χ1) is 7.76. The van der Waals surface area contributed by atoms with E-state index in [1.807, 2.05) is 0 Å². The first kappa shape index (κ1) is 11.2. The van der Waals surface area contributed by atoms with Gasteiger partial charge >= 0.3 is 0 Å². The van der Waals surface area contributed by atoms with Gasteiger partial charge < -0.3 is 10.3 Å². The number of nitrogens with two attached hydrogens (primary N) is 1. The van der Waals surface area contributed by atoms with E-state index < -0.39 is 0 Å². The Kier molecular flexibility index (Phi) is 3.30. The number of hydrogen-bond donors (Lipinski definition) is 1. The predicted molar refractivity (Wildman–Crippen MR) is 69.7 cm³/mol. The van der Waals surface area contributed by atoms with Gasteiger partial charge in [-0.1, -0.05) is 19.1 Å². The third-order valence-electron chi connectivity index (χ3n) is 3.00. The minimum atomic E-state index is 0.721. The summed E-state index contributed by atoms with van der Waals surface area (Å²) in [4.78, 5) is 0. The molecule has 0 radical (unpaired) electrons. The van der Waals surface area contributed by atoms with Crippen LogP contribution in [0.1, 0.15) is 24.5 Å². The first-order valence-corrected chi connectivity index (χ1v) is 6.04. The van der Waals surface area contributed by atoms with Crippen LogP contribution in [0.5, 0.6) is 0 Å². The third kappa shape index (κ3) is 1.98. The first-order valence-electron chi connectivity index (χ1n) is 6.04. The summed E-state index contributed by atoms with van der Waals surface area (Å²) in [5, 5.41) is 1.37. The third-order valence-corrected chi connectivity index (χ3v) is 3.00. The van der Waals surface area contributed by atoms with Crippen molar-refractivity contribution in [3.8, 4) is 0 Å². The Morgan fingerprint density at radius 1 is 1.31 bits per heavy atom. The normalized spacial score (nSPS) is 11.2. The van der Waals surface area contributed by atoms with E-state index in [0.29, 0.717) is 0 Å². The van der Waals surface area contributed by atoms with Gasteiger partial charge in [0.1, 0.15) is 0 Å². The minimum absolute atomic E-state index is 0.721. The van der Waals surface area contributed by atoms with Gasteiger partial charge in [-0.25, -0.2) is 0 Å². The van der Waals surface area contributed by atoms with Crippen LogP contribution in [0.4, 0.5) is 0 Å². The summed E-state index contributed by atoms with van der Waals surface area (Å²) in [5.74, 6) is 0. The Morgan fingerprint density at radius 3 is 2.81 bits per heavy atom. The zero-order chi connectivity index (χ0) is 11.5. The fraction of sp³-hybridized carbons (Fsp3) is 0.429. The van der Waals surface area contributed by atoms with Crippen LogP contribution in [-0.2, 0) is 13.0 Å². The van der Waals surface area contributed by atoms with E-state index >= 15 is 0 Å². The summed E-state index contributed by atoms with van der Waals surface area (Å²) in [7, 11) is 0. The molecule has 0 atom stereocenters. The lowest BCUT2D eigenvalue weighted by Gasteiger charge is -2.02. The molecular weight excluding hydrogens is 196 g/mol. The van der Waals surface area contributed by atoms with Crippen LogP contribution in [-0.4, -0.2) is 11.1 Å². The maximum absolute atomic E-state index is 5.66. The number of fused-ring (bicyclic) bond motifs is 1. The number of rotatable bonds is 4. The second-order valence-electron chi connectivity index (χ2n) is 4.41. The fourth-order valence-corrected chi connectivity index (χ4v) is 2.26. The van der Waals surface area contributed by atoms with E-state index in [9.17, 15) is 0 Å². The van der Waals surface area contributed by atoms with Crippen molar-refractivity contribution in [2.75, 3.05) is 6.54 Å². The second kappa shape index (κ2) is 4.71. The average Bonchev–Trinajstić information content (AvgIpc) is 2.58. The van der Waals surface area contributed by atoms with Gasteiger partial charge in [-0.15, -0.1) is 0 Å². The molecule has 0 unspecified atom stereocenters. The summed E-state index contributed by atoms with van der Waals surface area (Å²) in [6.07, 6.45) is 4.40. The molecular formula is C14H20N2. The Labute approximate surface area is 97.1 Å². The van der Waals surface area contributed by atoms with Gasteiger partial charge in [0.05, 0.1) is 0 Å². The Hall–Kier alpha value is -1.28. The molecule has 0 aliphatic rings. The monoisotopic (exact) mass is 216 g/mol. The van der Waals surface area contributed by atoms with Crippen molar-refractivity contribution in [3.05, 3.63) is 35.5 Å².